The highest BCUT2D eigenvalue weighted by Gasteiger charge is 2.08. The number of carbonyl (C=O) groups excluding carboxylic acids is 1. The second-order valence-electron chi connectivity index (χ2n) is 5.69. The zero-order valence-corrected chi connectivity index (χ0v) is 16.0. The van der Waals surface area contributed by atoms with E-state index in [-0.39, 0.29) is 12.3 Å². The molecule has 0 saturated carbocycles. The second-order valence-corrected chi connectivity index (χ2v) is 6.78. The van der Waals surface area contributed by atoms with Gasteiger partial charge in [0.05, 0.1) is 19.7 Å². The molecule has 1 heterocycles. The molecular formula is C19H19N5O3S. The monoisotopic (exact) mass is 397 g/mol. The molecule has 3 rings (SSSR count). The van der Waals surface area contributed by atoms with Crippen molar-refractivity contribution in [2.75, 3.05) is 12.8 Å². The maximum atomic E-state index is 11.8. The molecule has 0 spiro atoms. The Balaban J connectivity index is 1.56. The number of nitrogens with one attached hydrogen (secondary N) is 1. The molecule has 0 aliphatic heterocycles. The van der Waals surface area contributed by atoms with E-state index in [2.05, 4.69) is 20.7 Å². The number of rotatable bonds is 8. The molecule has 1 aromatic heterocycles. The van der Waals surface area contributed by atoms with Crippen molar-refractivity contribution in [2.45, 2.75) is 13.0 Å². The maximum Gasteiger partial charge on any atom is 0.247 e. The van der Waals surface area contributed by atoms with Gasteiger partial charge in [0.2, 0.25) is 11.0 Å². The first-order chi connectivity index (χ1) is 13.6. The van der Waals surface area contributed by atoms with Crippen molar-refractivity contribution in [3.05, 3.63) is 64.7 Å². The van der Waals surface area contributed by atoms with Crippen LogP contribution in [0.2, 0.25) is 0 Å². The van der Waals surface area contributed by atoms with Crippen molar-refractivity contribution < 1.29 is 14.3 Å². The van der Waals surface area contributed by atoms with E-state index in [0.29, 0.717) is 28.2 Å². The Morgan fingerprint density at radius 1 is 1.21 bits per heavy atom. The number of hydrogen-bond acceptors (Lipinski definition) is 8. The minimum atomic E-state index is -0.304. The number of nitrogens with two attached hydrogens (primary N) is 1. The predicted molar refractivity (Wildman–Crippen MR) is 108 cm³/mol. The highest BCUT2D eigenvalue weighted by Crippen LogP contribution is 2.28. The van der Waals surface area contributed by atoms with Crippen LogP contribution in [0.15, 0.2) is 53.6 Å². The largest absolute Gasteiger partial charge is 0.493 e. The predicted octanol–water partition coefficient (Wildman–Crippen LogP) is 2.40. The van der Waals surface area contributed by atoms with Crippen LogP contribution in [0.4, 0.5) is 5.13 Å². The van der Waals surface area contributed by atoms with Gasteiger partial charge in [-0.25, -0.2) is 5.43 Å². The van der Waals surface area contributed by atoms with Gasteiger partial charge in [0.15, 0.2) is 11.5 Å². The lowest BCUT2D eigenvalue weighted by Gasteiger charge is -2.11. The molecule has 0 saturated heterocycles. The van der Waals surface area contributed by atoms with E-state index >= 15 is 0 Å². The number of anilines is 1. The third-order valence-corrected chi connectivity index (χ3v) is 4.37. The second kappa shape index (κ2) is 9.47. The minimum absolute atomic E-state index is 0.0712. The smallest absolute Gasteiger partial charge is 0.247 e. The Hall–Kier alpha value is -3.46. The fourth-order valence-electron chi connectivity index (χ4n) is 2.31. The third kappa shape index (κ3) is 5.52. The zero-order chi connectivity index (χ0) is 19.8. The van der Waals surface area contributed by atoms with E-state index in [1.807, 2.05) is 36.4 Å². The van der Waals surface area contributed by atoms with Crippen molar-refractivity contribution in [2.24, 2.45) is 5.10 Å². The third-order valence-electron chi connectivity index (χ3n) is 3.62. The molecule has 0 aliphatic carbocycles. The van der Waals surface area contributed by atoms with Crippen LogP contribution in [0.5, 0.6) is 11.5 Å². The first-order valence-corrected chi connectivity index (χ1v) is 9.20. The number of amides is 1. The Kier molecular flexibility index (Phi) is 6.53. The van der Waals surface area contributed by atoms with Gasteiger partial charge in [-0.3, -0.25) is 4.79 Å². The molecule has 3 N–H and O–H groups in total. The standard InChI is InChI=1S/C19H19N5O3S/c1-26-16-9-14(7-8-15(16)27-12-13-5-3-2-4-6-13)11-21-22-17(25)10-18-23-24-19(20)28-18/h2-9,11H,10,12H2,1H3,(H2,20,24)(H,22,25)/b21-11+. The minimum Gasteiger partial charge on any atom is -0.493 e. The summed E-state index contributed by atoms with van der Waals surface area (Å²) in [6, 6.07) is 15.3. The average molecular weight is 397 g/mol. The Morgan fingerprint density at radius 3 is 2.75 bits per heavy atom. The SMILES string of the molecule is COc1cc(/C=N/NC(=O)Cc2nnc(N)s2)ccc1OCc1ccccc1. The van der Waals surface area contributed by atoms with Gasteiger partial charge < -0.3 is 15.2 Å². The van der Waals surface area contributed by atoms with Gasteiger partial charge in [-0.05, 0) is 29.3 Å². The number of hydrazone groups is 1. The van der Waals surface area contributed by atoms with E-state index in [1.165, 1.54) is 17.6 Å². The van der Waals surface area contributed by atoms with Crippen LogP contribution >= 0.6 is 11.3 Å². The first kappa shape index (κ1) is 19.3. The Morgan fingerprint density at radius 2 is 2.04 bits per heavy atom. The molecule has 0 radical (unpaired) electrons. The average Bonchev–Trinajstić information content (AvgIpc) is 3.12. The number of hydrogen-bond donors (Lipinski definition) is 2. The van der Waals surface area contributed by atoms with Crippen LogP contribution in [-0.2, 0) is 17.8 Å². The molecule has 0 fully saturated rings. The molecule has 0 atom stereocenters. The Labute approximate surface area is 166 Å². The summed E-state index contributed by atoms with van der Waals surface area (Å²) in [5.41, 5.74) is 9.75. The summed E-state index contributed by atoms with van der Waals surface area (Å²) in [5, 5.41) is 12.3. The topological polar surface area (TPSA) is 112 Å². The summed E-state index contributed by atoms with van der Waals surface area (Å²) in [4.78, 5) is 11.8. The number of nitrogens with zero attached hydrogens (tertiary/aromatic N) is 3. The molecule has 2 aromatic carbocycles. The fraction of sp³-hybridized carbons (Fsp3) is 0.158. The van der Waals surface area contributed by atoms with Gasteiger partial charge in [0.1, 0.15) is 11.6 Å². The maximum absolute atomic E-state index is 11.8. The molecule has 1 amide bonds. The molecule has 0 aliphatic rings. The van der Waals surface area contributed by atoms with Crippen molar-refractivity contribution in [3.8, 4) is 11.5 Å². The van der Waals surface area contributed by atoms with Crippen LogP contribution in [0.25, 0.3) is 0 Å². The van der Waals surface area contributed by atoms with Crippen LogP contribution in [-0.4, -0.2) is 29.4 Å². The molecule has 3 aromatic rings. The Bertz CT molecular complexity index is 959. The summed E-state index contributed by atoms with van der Waals surface area (Å²) >= 11 is 1.17. The fourth-order valence-corrected chi connectivity index (χ4v) is 2.92. The van der Waals surface area contributed by atoms with Gasteiger partial charge in [-0.2, -0.15) is 5.10 Å². The van der Waals surface area contributed by atoms with Gasteiger partial charge in [-0.1, -0.05) is 41.7 Å². The van der Waals surface area contributed by atoms with E-state index in [9.17, 15) is 4.79 Å². The molecule has 0 unspecified atom stereocenters. The molecule has 28 heavy (non-hydrogen) atoms. The van der Waals surface area contributed by atoms with Crippen LogP contribution in [0.1, 0.15) is 16.1 Å². The van der Waals surface area contributed by atoms with Gasteiger partial charge >= 0.3 is 0 Å². The lowest BCUT2D eigenvalue weighted by atomic mass is 10.2. The van der Waals surface area contributed by atoms with Crippen LogP contribution < -0.4 is 20.6 Å². The molecule has 9 heteroatoms. The van der Waals surface area contributed by atoms with Crippen LogP contribution in [0.3, 0.4) is 0 Å². The number of carbonyl (C=O) groups is 1. The van der Waals surface area contributed by atoms with Crippen molar-refractivity contribution in [1.29, 1.82) is 0 Å². The number of methoxy groups -OCH3 is 1. The summed E-state index contributed by atoms with van der Waals surface area (Å²) in [6.07, 6.45) is 1.59. The van der Waals surface area contributed by atoms with Gasteiger partial charge in [0.25, 0.3) is 0 Å². The van der Waals surface area contributed by atoms with E-state index < -0.39 is 0 Å². The number of benzene rings is 2. The van der Waals surface area contributed by atoms with Crippen molar-refractivity contribution in [1.82, 2.24) is 15.6 Å². The number of nitrogen functional groups attached to an aromatic ring is 1. The quantitative estimate of drug-likeness (QED) is 0.446. The van der Waals surface area contributed by atoms with Gasteiger partial charge in [0, 0.05) is 0 Å². The molecule has 0 bridgehead atoms. The highest BCUT2D eigenvalue weighted by molar-refractivity contribution is 7.15. The van der Waals surface area contributed by atoms with E-state index in [4.69, 9.17) is 15.2 Å². The lowest BCUT2D eigenvalue weighted by Crippen LogP contribution is -2.19. The zero-order valence-electron chi connectivity index (χ0n) is 15.2. The summed E-state index contributed by atoms with van der Waals surface area (Å²) < 4.78 is 11.2. The van der Waals surface area contributed by atoms with E-state index in [0.717, 1.165) is 11.1 Å². The van der Waals surface area contributed by atoms with E-state index in [1.54, 1.807) is 19.2 Å². The van der Waals surface area contributed by atoms with Gasteiger partial charge in [-0.15, -0.1) is 10.2 Å². The summed E-state index contributed by atoms with van der Waals surface area (Å²) in [5.74, 6) is 0.902. The lowest BCUT2D eigenvalue weighted by molar-refractivity contribution is -0.120. The summed E-state index contributed by atoms with van der Waals surface area (Å²) in [6.45, 7) is 0.441. The number of ether oxygens (including phenoxy) is 2. The van der Waals surface area contributed by atoms with Crippen molar-refractivity contribution in [3.63, 3.8) is 0 Å². The first-order valence-electron chi connectivity index (χ1n) is 8.38. The molecule has 8 nitrogen and oxygen atoms in total. The van der Waals surface area contributed by atoms with Crippen LogP contribution in [0, 0.1) is 0 Å². The molecular weight excluding hydrogens is 378 g/mol. The van der Waals surface area contributed by atoms with Crippen molar-refractivity contribution >= 4 is 28.6 Å². The highest BCUT2D eigenvalue weighted by atomic mass is 32.1. The molecule has 144 valence electrons. The summed E-state index contributed by atoms with van der Waals surface area (Å²) in [7, 11) is 1.57. The number of aromatic nitrogens is 2. The normalized spacial score (nSPS) is 10.8.